The van der Waals surface area contributed by atoms with E-state index in [2.05, 4.69) is 10.3 Å². The molecule has 0 fully saturated rings. The molecule has 126 valence electrons. The van der Waals surface area contributed by atoms with Gasteiger partial charge in [0.1, 0.15) is 5.39 Å². The number of hydrogen-bond donors (Lipinski definition) is 2. The van der Waals surface area contributed by atoms with Crippen LogP contribution in [0.3, 0.4) is 0 Å². The number of anilines is 1. The highest BCUT2D eigenvalue weighted by molar-refractivity contribution is 5.88. The fraction of sp³-hybridized carbons (Fsp3) is 0.562. The van der Waals surface area contributed by atoms with Crippen LogP contribution < -0.4 is 16.6 Å². The van der Waals surface area contributed by atoms with Gasteiger partial charge in [-0.15, -0.1) is 0 Å². The third kappa shape index (κ3) is 3.44. The summed E-state index contributed by atoms with van der Waals surface area (Å²) in [4.78, 5) is 29.5. The number of aliphatic hydroxyl groups is 1. The van der Waals surface area contributed by atoms with E-state index >= 15 is 0 Å². The first-order valence-electron chi connectivity index (χ1n) is 7.83. The van der Waals surface area contributed by atoms with Gasteiger partial charge in [-0.3, -0.25) is 13.9 Å². The van der Waals surface area contributed by atoms with Crippen LogP contribution in [0.15, 0.2) is 15.7 Å². The van der Waals surface area contributed by atoms with E-state index in [4.69, 9.17) is 0 Å². The number of aliphatic hydroxyl groups excluding tert-OH is 1. The first kappa shape index (κ1) is 17.2. The molecule has 7 heteroatoms. The van der Waals surface area contributed by atoms with E-state index in [0.717, 1.165) is 12.1 Å². The highest BCUT2D eigenvalue weighted by Crippen LogP contribution is 2.18. The fourth-order valence-electron chi connectivity index (χ4n) is 2.71. The number of hydrogen-bond acceptors (Lipinski definition) is 5. The quantitative estimate of drug-likeness (QED) is 0.775. The molecular weight excluding hydrogens is 296 g/mol. The summed E-state index contributed by atoms with van der Waals surface area (Å²) < 4.78 is 2.67. The average Bonchev–Trinajstić information content (AvgIpc) is 2.50. The van der Waals surface area contributed by atoms with Crippen molar-refractivity contribution in [1.82, 2.24) is 14.1 Å². The molecule has 2 heterocycles. The summed E-state index contributed by atoms with van der Waals surface area (Å²) in [5.41, 5.74) is 1.12. The highest BCUT2D eigenvalue weighted by Gasteiger charge is 2.15. The highest BCUT2D eigenvalue weighted by atomic mass is 16.3. The smallest absolute Gasteiger partial charge is 0.332 e. The van der Waals surface area contributed by atoms with Gasteiger partial charge in [0.05, 0.1) is 11.8 Å². The maximum atomic E-state index is 12.7. The summed E-state index contributed by atoms with van der Waals surface area (Å²) in [5.74, 6) is 0. The lowest BCUT2D eigenvalue weighted by molar-refractivity contribution is 0.180. The molecule has 0 saturated carbocycles. The lowest BCUT2D eigenvalue weighted by atomic mass is 10.2. The Hall–Kier alpha value is -2.15. The van der Waals surface area contributed by atoms with Crippen molar-refractivity contribution < 1.29 is 5.11 Å². The zero-order valence-electron chi connectivity index (χ0n) is 14.1. The minimum Gasteiger partial charge on any atom is -0.393 e. The van der Waals surface area contributed by atoms with Crippen molar-refractivity contribution in [3.8, 4) is 0 Å². The Morgan fingerprint density at radius 2 is 2.04 bits per heavy atom. The molecule has 7 nitrogen and oxygen atoms in total. The van der Waals surface area contributed by atoms with E-state index < -0.39 is 0 Å². The van der Waals surface area contributed by atoms with Gasteiger partial charge in [-0.05, 0) is 39.2 Å². The van der Waals surface area contributed by atoms with E-state index in [0.29, 0.717) is 36.1 Å². The lowest BCUT2D eigenvalue weighted by Crippen LogP contribution is -2.39. The fourth-order valence-corrected chi connectivity index (χ4v) is 2.71. The minimum atomic E-state index is -0.366. The second-order valence-electron chi connectivity index (χ2n) is 5.90. The number of rotatable bonds is 6. The molecule has 2 N–H and O–H groups in total. The Morgan fingerprint density at radius 1 is 1.35 bits per heavy atom. The third-order valence-electron chi connectivity index (χ3n) is 3.95. The van der Waals surface area contributed by atoms with Crippen LogP contribution in [0.5, 0.6) is 0 Å². The maximum absolute atomic E-state index is 12.7. The van der Waals surface area contributed by atoms with Crippen molar-refractivity contribution in [2.45, 2.75) is 45.8 Å². The first-order valence-corrected chi connectivity index (χ1v) is 7.83. The van der Waals surface area contributed by atoms with Gasteiger partial charge in [0.25, 0.3) is 5.56 Å². The molecule has 0 bridgehead atoms. The van der Waals surface area contributed by atoms with Gasteiger partial charge < -0.3 is 10.4 Å². The Balaban J connectivity index is 2.52. The van der Waals surface area contributed by atoms with Crippen LogP contribution in [-0.2, 0) is 13.6 Å². The molecule has 2 aromatic rings. The van der Waals surface area contributed by atoms with Crippen LogP contribution in [0.25, 0.3) is 11.0 Å². The number of fused-ring (bicyclic) bond motifs is 1. The van der Waals surface area contributed by atoms with Crippen LogP contribution >= 0.6 is 0 Å². The van der Waals surface area contributed by atoms with Crippen LogP contribution in [0.2, 0.25) is 0 Å². The SMILES string of the molecule is CNc1cc(C)nc2c1c(=O)n(CCCCC(C)O)c(=O)n2C. The van der Waals surface area contributed by atoms with Gasteiger partial charge in [-0.2, -0.15) is 0 Å². The predicted octanol–water partition coefficient (Wildman–Crippen LogP) is 0.996. The Morgan fingerprint density at radius 3 is 2.65 bits per heavy atom. The number of aryl methyl sites for hydroxylation is 2. The van der Waals surface area contributed by atoms with E-state index in [1.54, 1.807) is 27.1 Å². The number of nitrogens with zero attached hydrogens (tertiary/aromatic N) is 3. The van der Waals surface area contributed by atoms with Gasteiger partial charge in [-0.1, -0.05) is 0 Å². The van der Waals surface area contributed by atoms with Gasteiger partial charge in [0, 0.05) is 26.3 Å². The van der Waals surface area contributed by atoms with Crippen molar-refractivity contribution in [3.05, 3.63) is 32.6 Å². The van der Waals surface area contributed by atoms with Crippen molar-refractivity contribution in [2.24, 2.45) is 7.05 Å². The summed E-state index contributed by atoms with van der Waals surface area (Å²) in [6, 6.07) is 1.80. The predicted molar refractivity (Wildman–Crippen MR) is 91.1 cm³/mol. The van der Waals surface area contributed by atoms with Crippen LogP contribution in [0.4, 0.5) is 5.69 Å². The van der Waals surface area contributed by atoms with E-state index in [1.807, 2.05) is 6.92 Å². The molecule has 2 rings (SSSR count). The van der Waals surface area contributed by atoms with E-state index in [9.17, 15) is 14.7 Å². The Labute approximate surface area is 134 Å². The van der Waals surface area contributed by atoms with Gasteiger partial charge in [-0.25, -0.2) is 9.78 Å². The minimum absolute atomic E-state index is 0.322. The molecule has 0 aliphatic heterocycles. The second-order valence-corrected chi connectivity index (χ2v) is 5.90. The largest absolute Gasteiger partial charge is 0.393 e. The van der Waals surface area contributed by atoms with Crippen molar-refractivity contribution >= 4 is 16.7 Å². The summed E-state index contributed by atoms with van der Waals surface area (Å²) in [5, 5.41) is 12.7. The third-order valence-corrected chi connectivity index (χ3v) is 3.95. The maximum Gasteiger partial charge on any atom is 0.332 e. The zero-order chi connectivity index (χ0) is 17.1. The monoisotopic (exact) mass is 320 g/mol. The molecule has 0 spiro atoms. The summed E-state index contributed by atoms with van der Waals surface area (Å²) >= 11 is 0. The number of unbranched alkanes of at least 4 members (excludes halogenated alkanes) is 1. The summed E-state index contributed by atoms with van der Waals surface area (Å²) in [6.45, 7) is 3.89. The Kier molecular flexibility index (Phi) is 5.20. The molecule has 23 heavy (non-hydrogen) atoms. The second kappa shape index (κ2) is 6.95. The molecule has 1 unspecified atom stereocenters. The van der Waals surface area contributed by atoms with Crippen LogP contribution in [0, 0.1) is 6.92 Å². The first-order chi connectivity index (χ1) is 10.9. The summed E-state index contributed by atoms with van der Waals surface area (Å²) in [6.07, 6.45) is 1.72. The van der Waals surface area contributed by atoms with Crippen LogP contribution in [0.1, 0.15) is 31.9 Å². The standard InChI is InChI=1S/C16H24N4O3/c1-10-9-12(17-3)13-14(18-10)19(4)16(23)20(15(13)22)8-6-5-7-11(2)21/h9,11,21H,5-8H2,1-4H3,(H,17,18). The average molecular weight is 320 g/mol. The van der Waals surface area contributed by atoms with Gasteiger partial charge in [0.2, 0.25) is 0 Å². The molecule has 0 radical (unpaired) electrons. The van der Waals surface area contributed by atoms with Gasteiger partial charge in [0.15, 0.2) is 5.65 Å². The topological polar surface area (TPSA) is 89.2 Å². The normalized spacial score (nSPS) is 12.6. The molecule has 0 aliphatic rings. The molecule has 0 saturated heterocycles. The van der Waals surface area contributed by atoms with Crippen molar-refractivity contribution in [3.63, 3.8) is 0 Å². The lowest BCUT2D eigenvalue weighted by Gasteiger charge is -2.13. The number of pyridine rings is 1. The molecule has 2 aromatic heterocycles. The zero-order valence-corrected chi connectivity index (χ0v) is 14.1. The van der Waals surface area contributed by atoms with Crippen LogP contribution in [-0.4, -0.2) is 32.4 Å². The molecular formula is C16H24N4O3. The summed E-state index contributed by atoms with van der Waals surface area (Å²) in [7, 11) is 3.37. The molecule has 0 aromatic carbocycles. The number of nitrogens with one attached hydrogen (secondary N) is 1. The molecule has 1 atom stereocenters. The molecule has 0 aliphatic carbocycles. The van der Waals surface area contributed by atoms with Gasteiger partial charge >= 0.3 is 5.69 Å². The van der Waals surface area contributed by atoms with E-state index in [-0.39, 0.29) is 17.4 Å². The van der Waals surface area contributed by atoms with E-state index in [1.165, 1.54) is 9.13 Å². The van der Waals surface area contributed by atoms with Crippen molar-refractivity contribution in [2.75, 3.05) is 12.4 Å². The number of aromatic nitrogens is 3. The molecule has 0 amide bonds. The Bertz CT molecular complexity index is 821. The van der Waals surface area contributed by atoms with Crippen molar-refractivity contribution in [1.29, 1.82) is 0 Å².